The first kappa shape index (κ1) is 14.7. The first-order chi connectivity index (χ1) is 7.98. The molecule has 1 saturated carbocycles. The molecule has 1 rings (SSSR count). The monoisotopic (exact) mass is 328 g/mol. The van der Waals surface area contributed by atoms with E-state index in [1.165, 1.54) is 0 Å². The molecule has 1 fully saturated rings. The molecule has 0 heterocycles. The topological polar surface area (TPSA) is 84.5 Å². The average molecular weight is 329 g/mol. The highest BCUT2D eigenvalue weighted by molar-refractivity contribution is 9.09. The van der Waals surface area contributed by atoms with Crippen molar-refractivity contribution in [2.24, 2.45) is 11.8 Å². The molecule has 0 aliphatic heterocycles. The summed E-state index contributed by atoms with van der Waals surface area (Å²) < 4.78 is 31.2. The number of carbonyl (C=O) groups excluding carboxylic acids is 1. The molecule has 0 aromatic carbocycles. The SMILES string of the molecule is COC(=O)NS(=O)(=O)NCC1CCCC1CBr. The predicted molar refractivity (Wildman–Crippen MR) is 67.1 cm³/mol. The van der Waals surface area contributed by atoms with E-state index in [4.69, 9.17) is 0 Å². The van der Waals surface area contributed by atoms with Crippen LogP contribution in [0.3, 0.4) is 0 Å². The second kappa shape index (κ2) is 6.55. The molecule has 2 N–H and O–H groups in total. The van der Waals surface area contributed by atoms with Crippen molar-refractivity contribution in [3.8, 4) is 0 Å². The van der Waals surface area contributed by atoms with Crippen molar-refractivity contribution < 1.29 is 17.9 Å². The van der Waals surface area contributed by atoms with Gasteiger partial charge in [-0.15, -0.1) is 0 Å². The fourth-order valence-electron chi connectivity index (χ4n) is 1.99. The lowest BCUT2D eigenvalue weighted by atomic mass is 9.99. The molecule has 1 aliphatic rings. The van der Waals surface area contributed by atoms with Gasteiger partial charge in [-0.05, 0) is 24.7 Å². The van der Waals surface area contributed by atoms with E-state index in [1.807, 2.05) is 0 Å². The van der Waals surface area contributed by atoms with E-state index < -0.39 is 16.3 Å². The molecule has 6 nitrogen and oxygen atoms in total. The number of methoxy groups -OCH3 is 1. The van der Waals surface area contributed by atoms with E-state index in [-0.39, 0.29) is 0 Å². The molecule has 100 valence electrons. The molecular formula is C9H17BrN2O4S. The zero-order valence-corrected chi connectivity index (χ0v) is 12.0. The lowest BCUT2D eigenvalue weighted by Gasteiger charge is -2.17. The summed E-state index contributed by atoms with van der Waals surface area (Å²) in [6, 6.07) is 0. The third-order valence-corrected chi connectivity index (χ3v) is 4.77. The fraction of sp³-hybridized carbons (Fsp3) is 0.889. The average Bonchev–Trinajstić information content (AvgIpc) is 2.73. The lowest BCUT2D eigenvalue weighted by molar-refractivity contribution is 0.177. The molecule has 0 saturated heterocycles. The van der Waals surface area contributed by atoms with Gasteiger partial charge in [-0.25, -0.2) is 9.52 Å². The molecule has 8 heteroatoms. The lowest BCUT2D eigenvalue weighted by Crippen LogP contribution is -2.42. The highest BCUT2D eigenvalue weighted by atomic mass is 79.9. The van der Waals surface area contributed by atoms with Crippen LogP contribution in [0.1, 0.15) is 19.3 Å². The summed E-state index contributed by atoms with van der Waals surface area (Å²) in [5.74, 6) is 0.819. The Balaban J connectivity index is 2.41. The van der Waals surface area contributed by atoms with Crippen LogP contribution >= 0.6 is 15.9 Å². The van der Waals surface area contributed by atoms with E-state index in [0.29, 0.717) is 18.4 Å². The molecule has 0 spiro atoms. The summed E-state index contributed by atoms with van der Waals surface area (Å²) >= 11 is 3.42. The number of ether oxygens (including phenoxy) is 1. The molecule has 0 radical (unpaired) electrons. The van der Waals surface area contributed by atoms with Crippen molar-refractivity contribution in [3.63, 3.8) is 0 Å². The Labute approximate surface area is 110 Å². The highest BCUT2D eigenvalue weighted by Gasteiger charge is 2.27. The van der Waals surface area contributed by atoms with Crippen molar-refractivity contribution in [2.75, 3.05) is 19.0 Å². The quantitative estimate of drug-likeness (QED) is 0.737. The van der Waals surface area contributed by atoms with Crippen molar-refractivity contribution in [1.29, 1.82) is 0 Å². The van der Waals surface area contributed by atoms with Gasteiger partial charge in [-0.1, -0.05) is 22.4 Å². The second-order valence-electron chi connectivity index (χ2n) is 4.05. The standard InChI is InChI=1S/C9H17BrN2O4S/c1-16-9(13)12-17(14,15)11-6-8-4-2-3-7(8)5-10/h7-8,11H,2-6H2,1H3,(H,12,13). The molecule has 2 atom stereocenters. The molecular weight excluding hydrogens is 312 g/mol. The van der Waals surface area contributed by atoms with Crippen LogP contribution in [0.25, 0.3) is 0 Å². The third kappa shape index (κ3) is 4.81. The number of rotatable bonds is 5. The number of amides is 1. The maximum absolute atomic E-state index is 11.4. The van der Waals surface area contributed by atoms with Crippen LogP contribution in [0, 0.1) is 11.8 Å². The summed E-state index contributed by atoms with van der Waals surface area (Å²) in [5, 5.41) is 0.879. The zero-order valence-electron chi connectivity index (χ0n) is 9.61. The highest BCUT2D eigenvalue weighted by Crippen LogP contribution is 2.32. The summed E-state index contributed by atoms with van der Waals surface area (Å²) in [5.41, 5.74) is 0. The van der Waals surface area contributed by atoms with E-state index in [9.17, 15) is 13.2 Å². The van der Waals surface area contributed by atoms with E-state index in [1.54, 1.807) is 4.72 Å². The number of nitrogens with one attached hydrogen (secondary N) is 2. The van der Waals surface area contributed by atoms with Gasteiger partial charge in [-0.2, -0.15) is 13.1 Å². The van der Waals surface area contributed by atoms with Crippen molar-refractivity contribution >= 4 is 32.2 Å². The Morgan fingerprint density at radius 2 is 2.06 bits per heavy atom. The van der Waals surface area contributed by atoms with Gasteiger partial charge in [-0.3, -0.25) is 0 Å². The Kier molecular flexibility index (Phi) is 5.68. The molecule has 1 aliphatic carbocycles. The normalized spacial score (nSPS) is 24.6. The third-order valence-electron chi connectivity index (χ3n) is 2.95. The summed E-state index contributed by atoms with van der Waals surface area (Å²) in [6.45, 7) is 0.350. The molecule has 0 bridgehead atoms. The van der Waals surface area contributed by atoms with E-state index in [2.05, 4.69) is 25.4 Å². The van der Waals surface area contributed by atoms with Crippen molar-refractivity contribution in [2.45, 2.75) is 19.3 Å². The maximum atomic E-state index is 11.4. The predicted octanol–water partition coefficient (Wildman–Crippen LogP) is 0.988. The summed E-state index contributed by atoms with van der Waals surface area (Å²) in [6.07, 6.45) is 2.26. The number of carbonyl (C=O) groups is 1. The van der Waals surface area contributed by atoms with Crippen molar-refractivity contribution in [1.82, 2.24) is 9.44 Å². The second-order valence-corrected chi connectivity index (χ2v) is 6.20. The molecule has 1 amide bonds. The van der Waals surface area contributed by atoms with Crippen LogP contribution in [0.4, 0.5) is 4.79 Å². The molecule has 0 aromatic heterocycles. The minimum absolute atomic E-state index is 0.323. The summed E-state index contributed by atoms with van der Waals surface area (Å²) in [7, 11) is -2.69. The number of hydrogen-bond donors (Lipinski definition) is 2. The van der Waals surface area contributed by atoms with Gasteiger partial charge in [0.15, 0.2) is 0 Å². The number of alkyl halides is 1. The van der Waals surface area contributed by atoms with Gasteiger partial charge in [0, 0.05) is 11.9 Å². The zero-order chi connectivity index (χ0) is 12.9. The molecule has 0 aromatic rings. The minimum Gasteiger partial charge on any atom is -0.452 e. The van der Waals surface area contributed by atoms with Gasteiger partial charge in [0.2, 0.25) is 0 Å². The fourth-order valence-corrected chi connectivity index (χ4v) is 3.65. The van der Waals surface area contributed by atoms with Crippen molar-refractivity contribution in [3.05, 3.63) is 0 Å². The van der Waals surface area contributed by atoms with Crippen LogP contribution < -0.4 is 9.44 Å². The van der Waals surface area contributed by atoms with Crippen LogP contribution in [0.5, 0.6) is 0 Å². The van der Waals surface area contributed by atoms with E-state index >= 15 is 0 Å². The van der Waals surface area contributed by atoms with Crippen LogP contribution in [0.15, 0.2) is 0 Å². The molecule has 2 unspecified atom stereocenters. The summed E-state index contributed by atoms with van der Waals surface area (Å²) in [4.78, 5) is 10.8. The Morgan fingerprint density at radius 3 is 2.65 bits per heavy atom. The van der Waals surface area contributed by atoms with E-state index in [0.717, 1.165) is 31.7 Å². The van der Waals surface area contributed by atoms with Gasteiger partial charge in [0.05, 0.1) is 7.11 Å². The van der Waals surface area contributed by atoms with Crippen LogP contribution in [-0.4, -0.2) is 33.5 Å². The number of halogens is 1. The van der Waals surface area contributed by atoms with Gasteiger partial charge in [0.1, 0.15) is 0 Å². The Bertz CT molecular complexity index is 360. The Hall–Kier alpha value is -0.340. The first-order valence-corrected chi connectivity index (χ1v) is 8.00. The molecule has 17 heavy (non-hydrogen) atoms. The van der Waals surface area contributed by atoms with Crippen LogP contribution in [-0.2, 0) is 14.9 Å². The van der Waals surface area contributed by atoms with Crippen LogP contribution in [0.2, 0.25) is 0 Å². The number of hydrogen-bond acceptors (Lipinski definition) is 4. The smallest absolute Gasteiger partial charge is 0.421 e. The van der Waals surface area contributed by atoms with Gasteiger partial charge < -0.3 is 4.74 Å². The first-order valence-electron chi connectivity index (χ1n) is 5.40. The maximum Gasteiger partial charge on any atom is 0.421 e. The van der Waals surface area contributed by atoms with Gasteiger partial charge in [0.25, 0.3) is 0 Å². The minimum atomic E-state index is -3.80. The largest absolute Gasteiger partial charge is 0.452 e. The van der Waals surface area contributed by atoms with Gasteiger partial charge >= 0.3 is 16.3 Å². The Morgan fingerprint density at radius 1 is 1.41 bits per heavy atom.